The zero-order valence-corrected chi connectivity index (χ0v) is 50.4. The molecule has 86 heavy (non-hydrogen) atoms. The highest BCUT2D eigenvalue weighted by Crippen LogP contribution is 2.36. The Morgan fingerprint density at radius 2 is 1.57 bits per heavy atom. The van der Waals surface area contributed by atoms with Gasteiger partial charge in [-0.05, 0) is 115 Å². The molecule has 4 N–H and O–H groups in total. The molecule has 2 saturated heterocycles. The molecule has 3 aromatic heterocycles. The van der Waals surface area contributed by atoms with Crippen molar-refractivity contribution in [3.8, 4) is 27.4 Å². The third kappa shape index (κ3) is 18.1. The molecule has 0 bridgehead atoms. The Balaban J connectivity index is 0.690. The Kier molecular flexibility index (Phi) is 22.9. The van der Waals surface area contributed by atoms with Crippen molar-refractivity contribution in [1.29, 1.82) is 0 Å². The minimum atomic E-state index is -4.57. The number of nitrogens with zero attached hydrogens (tertiary/aromatic N) is 6. The fourth-order valence-electron chi connectivity index (χ4n) is 10.2. The lowest BCUT2D eigenvalue weighted by Gasteiger charge is -2.35. The predicted octanol–water partition coefficient (Wildman–Crippen LogP) is 9.35. The number of hydrogen-bond donors (Lipinski definition) is 4. The van der Waals surface area contributed by atoms with Crippen LogP contribution in [-0.4, -0.2) is 144 Å². The molecule has 3 aromatic carbocycles. The van der Waals surface area contributed by atoms with Gasteiger partial charge in [0.25, 0.3) is 5.91 Å². The number of unbranched alkanes of at least 4 members (excludes halogenated alkanes) is 2. The topological polar surface area (TPSA) is 221 Å². The normalized spacial score (nSPS) is 16.2. The minimum absolute atomic E-state index is 0.00160. The summed E-state index contributed by atoms with van der Waals surface area (Å²) in [7, 11) is 0. The van der Waals surface area contributed by atoms with Crippen molar-refractivity contribution in [2.24, 2.45) is 5.41 Å². The van der Waals surface area contributed by atoms with Crippen LogP contribution in [0.15, 0.2) is 96.6 Å². The van der Waals surface area contributed by atoms with E-state index < -0.39 is 47.2 Å². The molecule has 4 atom stereocenters. The van der Waals surface area contributed by atoms with Gasteiger partial charge >= 0.3 is 6.18 Å². The van der Waals surface area contributed by atoms with Crippen LogP contribution in [0.2, 0.25) is 0 Å². The first kappa shape index (κ1) is 64.7. The zero-order valence-electron chi connectivity index (χ0n) is 49.6. The number of carbonyl (C=O) groups is 4. The lowest BCUT2D eigenvalue weighted by molar-refractivity contribution is -0.144. The van der Waals surface area contributed by atoms with Gasteiger partial charge in [0.15, 0.2) is 0 Å². The van der Waals surface area contributed by atoms with Crippen molar-refractivity contribution in [3.05, 3.63) is 130 Å². The van der Waals surface area contributed by atoms with E-state index in [1.54, 1.807) is 34.3 Å². The maximum atomic E-state index is 14.2. The predicted molar refractivity (Wildman–Crippen MR) is 321 cm³/mol. The van der Waals surface area contributed by atoms with Crippen molar-refractivity contribution in [1.82, 2.24) is 35.5 Å². The second-order valence-corrected chi connectivity index (χ2v) is 23.6. The molecule has 2 fully saturated rings. The van der Waals surface area contributed by atoms with Crippen molar-refractivity contribution in [2.75, 3.05) is 82.7 Å². The van der Waals surface area contributed by atoms with Crippen molar-refractivity contribution in [2.45, 2.75) is 117 Å². The summed E-state index contributed by atoms with van der Waals surface area (Å²) in [5.41, 5.74) is 5.85. The summed E-state index contributed by atoms with van der Waals surface area (Å²) in [6.45, 7) is 16.6. The lowest BCUT2D eigenvalue weighted by Crippen LogP contribution is -2.57. The standard InChI is InChI=1S/C63H78F3N9O10S/c1-41-14-19-49(69-58(78)46-11-10-12-48(33-46)63(64,65)66)35-52(41)47-34-54(73-22-24-81-25-23-73)60(67-37-47)85-31-30-83-27-26-82-28-29-84-40-50-38-74(72-71-50)21-9-7-8-13-55(77)70-57(62(4,5)6)61(80)75-39-51(76)36-53(75)59(79)68-43(3)44-15-17-45(18-16-44)56-42(2)20-32-86-56/h10-12,14-20,32-35,37-38,43,51,53,57,76H,7-9,13,21-31,36,39-40H2,1-6H3,(H,68,79)(H,69,78)(H,70,77)/t43-,51+,53-,57-/m0/s1. The van der Waals surface area contributed by atoms with Crippen LogP contribution in [0.4, 0.5) is 24.5 Å². The van der Waals surface area contributed by atoms with E-state index in [9.17, 15) is 37.5 Å². The van der Waals surface area contributed by atoms with E-state index in [1.807, 2.05) is 77.2 Å². The third-order valence-electron chi connectivity index (χ3n) is 15.0. The number of benzene rings is 3. The van der Waals surface area contributed by atoms with Crippen LogP contribution in [0, 0.1) is 19.3 Å². The molecular formula is C63H78F3N9O10S. The highest BCUT2D eigenvalue weighted by Gasteiger charge is 2.45. The Bertz CT molecular complexity index is 3220. The average Bonchev–Trinajstić information content (AvgIpc) is 2.50. The summed E-state index contributed by atoms with van der Waals surface area (Å²) in [6.07, 6.45) is 0.467. The van der Waals surface area contributed by atoms with Gasteiger partial charge < -0.3 is 54.5 Å². The van der Waals surface area contributed by atoms with Crippen LogP contribution < -0.4 is 25.6 Å². The molecule has 0 spiro atoms. The number of ether oxygens (including phenoxy) is 5. The van der Waals surface area contributed by atoms with Gasteiger partial charge in [0.05, 0.1) is 76.8 Å². The number of aryl methyl sites for hydroxylation is 3. The van der Waals surface area contributed by atoms with Crippen LogP contribution in [0.25, 0.3) is 21.6 Å². The average molecular weight is 1210 g/mol. The minimum Gasteiger partial charge on any atom is -0.474 e. The van der Waals surface area contributed by atoms with E-state index in [-0.39, 0.29) is 62.6 Å². The summed E-state index contributed by atoms with van der Waals surface area (Å²) in [5.74, 6) is -1.25. The summed E-state index contributed by atoms with van der Waals surface area (Å²) >= 11 is 1.68. The van der Waals surface area contributed by atoms with Crippen LogP contribution in [-0.2, 0) is 52.7 Å². The number of anilines is 2. The second-order valence-electron chi connectivity index (χ2n) is 22.7. The van der Waals surface area contributed by atoms with E-state index in [2.05, 4.69) is 54.5 Å². The molecule has 6 aromatic rings. The molecule has 5 heterocycles. The first-order valence-electron chi connectivity index (χ1n) is 29.1. The number of nitrogens with one attached hydrogen (secondary N) is 3. The van der Waals surface area contributed by atoms with Crippen LogP contribution in [0.3, 0.4) is 0 Å². The fraction of sp³-hybridized carbons (Fsp3) is 0.476. The number of halogens is 3. The fourth-order valence-corrected chi connectivity index (χ4v) is 11.1. The van der Waals surface area contributed by atoms with Gasteiger partial charge in [-0.2, -0.15) is 13.2 Å². The number of aromatic nitrogens is 4. The smallest absolute Gasteiger partial charge is 0.416 e. The molecule has 2 aliphatic rings. The number of thiophene rings is 1. The number of likely N-dealkylation sites (tertiary alicyclic amines) is 1. The first-order chi connectivity index (χ1) is 41.2. The summed E-state index contributed by atoms with van der Waals surface area (Å²) in [5, 5.41) is 29.9. The number of pyridine rings is 1. The van der Waals surface area contributed by atoms with Gasteiger partial charge in [0.1, 0.15) is 30.1 Å². The molecule has 2 aliphatic heterocycles. The third-order valence-corrected chi connectivity index (χ3v) is 16.0. The number of aliphatic hydroxyl groups excluding tert-OH is 1. The van der Waals surface area contributed by atoms with Crippen molar-refractivity contribution in [3.63, 3.8) is 0 Å². The molecule has 4 amide bonds. The number of amides is 4. The second kappa shape index (κ2) is 30.4. The van der Waals surface area contributed by atoms with E-state index >= 15 is 0 Å². The Morgan fingerprint density at radius 3 is 2.28 bits per heavy atom. The molecule has 19 nitrogen and oxygen atoms in total. The number of aliphatic hydroxyl groups is 1. The monoisotopic (exact) mass is 1210 g/mol. The van der Waals surface area contributed by atoms with Gasteiger partial charge in [-0.15, -0.1) is 16.4 Å². The Hall–Kier alpha value is -7.28. The number of hydrogen-bond acceptors (Lipinski definition) is 15. The number of morpholine rings is 1. The Morgan fingerprint density at radius 1 is 0.837 bits per heavy atom. The number of rotatable bonds is 28. The SMILES string of the molecule is Cc1ccc(NC(=O)c2cccc(C(F)(F)F)c2)cc1-c1cnc(OCCOCCOCCOCc2cn(CCCCCC(=O)N[C@@H](C(=O)N3C[C@H](O)C[C@H]3C(=O)N[C@@H](C)c3ccc(-c4sccc4C)cc3)C(C)(C)C)nn2)c(N2CCOCC2)c1. The highest BCUT2D eigenvalue weighted by molar-refractivity contribution is 7.13. The molecule has 462 valence electrons. The quantitative estimate of drug-likeness (QED) is 0.0337. The zero-order chi connectivity index (χ0) is 61.4. The molecule has 0 unspecified atom stereocenters. The summed E-state index contributed by atoms with van der Waals surface area (Å²) in [4.78, 5) is 63.6. The largest absolute Gasteiger partial charge is 0.474 e. The number of β-amino-alcohol motifs (C(OH)–C–C–N with tert-alkyl or cyclic N) is 1. The van der Waals surface area contributed by atoms with Gasteiger partial charge in [0.2, 0.25) is 23.6 Å². The van der Waals surface area contributed by atoms with Crippen LogP contribution in [0.5, 0.6) is 5.88 Å². The molecule has 8 rings (SSSR count). The van der Waals surface area contributed by atoms with Crippen molar-refractivity contribution < 1.29 is 61.1 Å². The maximum absolute atomic E-state index is 14.2. The van der Waals surface area contributed by atoms with Crippen LogP contribution in [0.1, 0.15) is 104 Å². The molecule has 0 aliphatic carbocycles. The van der Waals surface area contributed by atoms with E-state index in [0.717, 1.165) is 58.5 Å². The van der Waals surface area contributed by atoms with E-state index in [0.29, 0.717) is 83.0 Å². The molecule has 23 heteroatoms. The van der Waals surface area contributed by atoms with Crippen LogP contribution >= 0.6 is 11.3 Å². The lowest BCUT2D eigenvalue weighted by atomic mass is 9.85. The van der Waals surface area contributed by atoms with Crippen molar-refractivity contribution >= 4 is 46.3 Å². The van der Waals surface area contributed by atoms with E-state index in [1.165, 1.54) is 27.5 Å². The molecular weight excluding hydrogens is 1130 g/mol. The van der Waals surface area contributed by atoms with Gasteiger partial charge in [-0.1, -0.05) is 68.8 Å². The number of alkyl halides is 3. The Labute approximate surface area is 503 Å². The highest BCUT2D eigenvalue weighted by atomic mass is 32.1. The summed E-state index contributed by atoms with van der Waals surface area (Å²) in [6, 6.07) is 19.6. The maximum Gasteiger partial charge on any atom is 0.416 e. The molecule has 0 radical (unpaired) electrons. The molecule has 0 saturated carbocycles. The number of carbonyl (C=O) groups excluding carboxylic acids is 4. The van der Waals surface area contributed by atoms with Gasteiger partial charge in [-0.3, -0.25) is 23.9 Å². The van der Waals surface area contributed by atoms with Gasteiger partial charge in [-0.25, -0.2) is 4.98 Å². The van der Waals surface area contributed by atoms with Gasteiger partial charge in [0, 0.05) is 66.9 Å². The summed E-state index contributed by atoms with van der Waals surface area (Å²) < 4.78 is 70.6. The van der Waals surface area contributed by atoms with E-state index in [4.69, 9.17) is 23.7 Å². The first-order valence-corrected chi connectivity index (χ1v) is 30.0.